The van der Waals surface area contributed by atoms with Crippen LogP contribution in [0.1, 0.15) is 0 Å². The molecule has 1 aromatic carbocycles. The van der Waals surface area contributed by atoms with Gasteiger partial charge in [-0.1, -0.05) is 11.6 Å². The summed E-state index contributed by atoms with van der Waals surface area (Å²) in [7, 11) is 0. The minimum absolute atomic E-state index is 0.387. The molecule has 0 unspecified atom stereocenters. The largest absolute Gasteiger partial charge is 0.378 e. The highest BCUT2D eigenvalue weighted by Crippen LogP contribution is 2.21. The fraction of sp³-hybridized carbons (Fsp3) is 0.286. The van der Waals surface area contributed by atoms with Crippen molar-refractivity contribution in [3.8, 4) is 0 Å². The quantitative estimate of drug-likeness (QED) is 0.942. The summed E-state index contributed by atoms with van der Waals surface area (Å²) in [5.41, 5.74) is 2.18. The van der Waals surface area contributed by atoms with Crippen LogP contribution in [0.4, 0.5) is 17.2 Å². The molecular formula is C14H15ClN4O. The maximum atomic E-state index is 5.70. The molecule has 0 spiro atoms. The van der Waals surface area contributed by atoms with E-state index in [1.54, 1.807) is 12.1 Å². The van der Waals surface area contributed by atoms with Crippen LogP contribution >= 0.6 is 11.6 Å². The van der Waals surface area contributed by atoms with Gasteiger partial charge in [-0.3, -0.25) is 0 Å². The first kappa shape index (κ1) is 13.1. The Labute approximate surface area is 122 Å². The van der Waals surface area contributed by atoms with Gasteiger partial charge in [-0.15, -0.1) is 10.2 Å². The first-order valence-electron chi connectivity index (χ1n) is 6.50. The number of hydrogen-bond donors (Lipinski definition) is 1. The minimum Gasteiger partial charge on any atom is -0.378 e. The third-order valence-electron chi connectivity index (χ3n) is 3.15. The number of aromatic nitrogens is 2. The van der Waals surface area contributed by atoms with E-state index in [0.717, 1.165) is 32.0 Å². The molecule has 1 fully saturated rings. The second kappa shape index (κ2) is 6.07. The number of benzene rings is 1. The van der Waals surface area contributed by atoms with Crippen molar-refractivity contribution in [2.75, 3.05) is 36.5 Å². The predicted molar refractivity (Wildman–Crippen MR) is 79.8 cm³/mol. The minimum atomic E-state index is 0.387. The van der Waals surface area contributed by atoms with Gasteiger partial charge in [0, 0.05) is 24.5 Å². The number of morpholine rings is 1. The average Bonchev–Trinajstić information content (AvgIpc) is 2.51. The van der Waals surface area contributed by atoms with Gasteiger partial charge >= 0.3 is 0 Å². The summed E-state index contributed by atoms with van der Waals surface area (Å²) in [5, 5.41) is 11.3. The van der Waals surface area contributed by atoms with E-state index >= 15 is 0 Å². The second-order valence-corrected chi connectivity index (χ2v) is 4.90. The summed E-state index contributed by atoms with van der Waals surface area (Å²) in [6.45, 7) is 3.46. The number of ether oxygens (including phenoxy) is 1. The molecule has 104 valence electrons. The third-order valence-corrected chi connectivity index (χ3v) is 3.35. The number of nitrogens with one attached hydrogen (secondary N) is 1. The van der Waals surface area contributed by atoms with E-state index in [9.17, 15) is 0 Å². The molecular weight excluding hydrogens is 276 g/mol. The number of nitrogens with zero attached hydrogens (tertiary/aromatic N) is 3. The molecule has 0 radical (unpaired) electrons. The molecule has 1 aliphatic heterocycles. The summed E-state index contributed by atoms with van der Waals surface area (Å²) in [4.78, 5) is 2.31. The standard InChI is InChI=1S/C14H15ClN4O/c15-13-5-6-14(18-17-13)16-11-1-3-12(4-2-11)19-7-9-20-10-8-19/h1-6H,7-10H2,(H,16,18). The molecule has 0 bridgehead atoms. The normalized spacial score (nSPS) is 15.2. The first-order chi connectivity index (χ1) is 9.81. The van der Waals surface area contributed by atoms with Crippen LogP contribution in [-0.4, -0.2) is 36.5 Å². The van der Waals surface area contributed by atoms with Gasteiger partial charge in [-0.25, -0.2) is 0 Å². The van der Waals surface area contributed by atoms with Gasteiger partial charge in [0.1, 0.15) is 0 Å². The number of halogens is 1. The van der Waals surface area contributed by atoms with Crippen LogP contribution in [0.3, 0.4) is 0 Å². The summed E-state index contributed by atoms with van der Waals surface area (Å²) in [6.07, 6.45) is 0. The van der Waals surface area contributed by atoms with Crippen molar-refractivity contribution in [3.05, 3.63) is 41.6 Å². The van der Waals surface area contributed by atoms with Crippen LogP contribution in [0, 0.1) is 0 Å². The number of anilines is 3. The van der Waals surface area contributed by atoms with E-state index in [1.165, 1.54) is 5.69 Å². The average molecular weight is 291 g/mol. The highest BCUT2D eigenvalue weighted by atomic mass is 35.5. The predicted octanol–water partition coefficient (Wildman–Crippen LogP) is 2.71. The smallest absolute Gasteiger partial charge is 0.153 e. The molecule has 1 aromatic heterocycles. The zero-order chi connectivity index (χ0) is 13.8. The lowest BCUT2D eigenvalue weighted by Gasteiger charge is -2.28. The first-order valence-corrected chi connectivity index (χ1v) is 6.88. The molecule has 5 nitrogen and oxygen atoms in total. The lowest BCUT2D eigenvalue weighted by Crippen LogP contribution is -2.36. The third kappa shape index (κ3) is 3.18. The van der Waals surface area contributed by atoms with E-state index in [2.05, 4.69) is 32.5 Å². The van der Waals surface area contributed by atoms with Gasteiger partial charge in [0.25, 0.3) is 0 Å². The number of rotatable bonds is 3. The Hall–Kier alpha value is -1.85. The van der Waals surface area contributed by atoms with Gasteiger partial charge < -0.3 is 15.0 Å². The summed E-state index contributed by atoms with van der Waals surface area (Å²) in [5.74, 6) is 0.675. The van der Waals surface area contributed by atoms with E-state index in [4.69, 9.17) is 16.3 Å². The Morgan fingerprint density at radius 3 is 2.40 bits per heavy atom. The molecule has 0 saturated carbocycles. The monoisotopic (exact) mass is 290 g/mol. The molecule has 6 heteroatoms. The van der Waals surface area contributed by atoms with Crippen LogP contribution < -0.4 is 10.2 Å². The van der Waals surface area contributed by atoms with E-state index in [0.29, 0.717) is 11.0 Å². The molecule has 20 heavy (non-hydrogen) atoms. The maximum absolute atomic E-state index is 5.70. The lowest BCUT2D eigenvalue weighted by atomic mass is 10.2. The van der Waals surface area contributed by atoms with Crippen molar-refractivity contribution in [1.82, 2.24) is 10.2 Å². The Morgan fingerprint density at radius 1 is 1.00 bits per heavy atom. The van der Waals surface area contributed by atoms with Crippen LogP contribution in [0.25, 0.3) is 0 Å². The van der Waals surface area contributed by atoms with Crippen molar-refractivity contribution in [2.45, 2.75) is 0 Å². The zero-order valence-corrected chi connectivity index (χ0v) is 11.7. The Bertz CT molecular complexity index is 552. The number of hydrogen-bond acceptors (Lipinski definition) is 5. The summed E-state index contributed by atoms with van der Waals surface area (Å²) < 4.78 is 5.35. The lowest BCUT2D eigenvalue weighted by molar-refractivity contribution is 0.122. The van der Waals surface area contributed by atoms with Crippen LogP contribution in [0.15, 0.2) is 36.4 Å². The molecule has 0 atom stereocenters. The van der Waals surface area contributed by atoms with Gasteiger partial charge in [-0.05, 0) is 36.4 Å². The fourth-order valence-electron chi connectivity index (χ4n) is 2.11. The van der Waals surface area contributed by atoms with E-state index in [1.807, 2.05) is 12.1 Å². The van der Waals surface area contributed by atoms with Crippen molar-refractivity contribution in [3.63, 3.8) is 0 Å². The highest BCUT2D eigenvalue weighted by molar-refractivity contribution is 6.29. The highest BCUT2D eigenvalue weighted by Gasteiger charge is 2.10. The Balaban J connectivity index is 1.67. The van der Waals surface area contributed by atoms with Crippen LogP contribution in [0.2, 0.25) is 5.15 Å². The van der Waals surface area contributed by atoms with E-state index < -0.39 is 0 Å². The maximum Gasteiger partial charge on any atom is 0.153 e. The van der Waals surface area contributed by atoms with Crippen molar-refractivity contribution in [2.24, 2.45) is 0 Å². The van der Waals surface area contributed by atoms with Gasteiger partial charge in [-0.2, -0.15) is 0 Å². The molecule has 2 heterocycles. The molecule has 0 amide bonds. The molecule has 1 saturated heterocycles. The Morgan fingerprint density at radius 2 is 1.75 bits per heavy atom. The van der Waals surface area contributed by atoms with Crippen molar-refractivity contribution >= 4 is 28.8 Å². The molecule has 3 rings (SSSR count). The van der Waals surface area contributed by atoms with Gasteiger partial charge in [0.2, 0.25) is 0 Å². The summed E-state index contributed by atoms with van der Waals surface area (Å²) >= 11 is 5.70. The second-order valence-electron chi connectivity index (χ2n) is 4.51. The molecule has 0 aliphatic carbocycles. The van der Waals surface area contributed by atoms with Crippen LogP contribution in [0.5, 0.6) is 0 Å². The summed E-state index contributed by atoms with van der Waals surface area (Å²) in [6, 6.07) is 11.8. The van der Waals surface area contributed by atoms with Gasteiger partial charge in [0.05, 0.1) is 13.2 Å². The van der Waals surface area contributed by atoms with Gasteiger partial charge in [0.15, 0.2) is 11.0 Å². The fourth-order valence-corrected chi connectivity index (χ4v) is 2.21. The molecule has 2 aromatic rings. The molecule has 1 aliphatic rings. The van der Waals surface area contributed by atoms with E-state index in [-0.39, 0.29) is 0 Å². The molecule has 1 N–H and O–H groups in total. The topological polar surface area (TPSA) is 50.3 Å². The zero-order valence-electron chi connectivity index (χ0n) is 10.9. The SMILES string of the molecule is Clc1ccc(Nc2ccc(N3CCOCC3)cc2)nn1. The van der Waals surface area contributed by atoms with Crippen molar-refractivity contribution in [1.29, 1.82) is 0 Å². The van der Waals surface area contributed by atoms with Crippen molar-refractivity contribution < 1.29 is 4.74 Å². The Kier molecular flexibility index (Phi) is 3.99. The van der Waals surface area contributed by atoms with Crippen LogP contribution in [-0.2, 0) is 4.74 Å².